The van der Waals surface area contributed by atoms with Crippen molar-refractivity contribution in [1.29, 1.82) is 0 Å². The number of nitrogens with zero attached hydrogens (tertiary/aromatic N) is 2. The molecule has 0 aliphatic carbocycles. The zero-order valence-corrected chi connectivity index (χ0v) is 13.1. The normalized spacial score (nSPS) is 11.5. The number of ether oxygens (including phenoxy) is 2. The molecule has 2 aromatic heterocycles. The molecule has 1 aromatic carbocycles. The van der Waals surface area contributed by atoms with Gasteiger partial charge in [-0.05, 0) is 36.4 Å². The Bertz CT molecular complexity index is 807. The average molecular weight is 320 g/mol. The van der Waals surface area contributed by atoms with Gasteiger partial charge in [-0.2, -0.15) is 0 Å². The number of methoxy groups -OCH3 is 1. The molecule has 0 spiro atoms. The van der Waals surface area contributed by atoms with E-state index in [4.69, 9.17) is 9.47 Å². The summed E-state index contributed by atoms with van der Waals surface area (Å²) in [6, 6.07) is 14.3. The Labute approximate surface area is 139 Å². The lowest BCUT2D eigenvalue weighted by Crippen LogP contribution is -2.13. The Hall–Kier alpha value is -3.21. The van der Waals surface area contributed by atoms with Crippen LogP contribution in [0.1, 0.15) is 27.6 Å². The first-order valence-electron chi connectivity index (χ1n) is 7.43. The minimum Gasteiger partial charge on any atom is -0.497 e. The molecule has 120 valence electrons. The lowest BCUT2D eigenvalue weighted by atomic mass is 10.0. The van der Waals surface area contributed by atoms with E-state index in [2.05, 4.69) is 9.97 Å². The van der Waals surface area contributed by atoms with Crippen molar-refractivity contribution in [1.82, 2.24) is 9.97 Å². The maximum Gasteiger partial charge on any atom is 0.339 e. The van der Waals surface area contributed by atoms with E-state index in [-0.39, 0.29) is 0 Å². The van der Waals surface area contributed by atoms with Crippen molar-refractivity contribution in [2.24, 2.45) is 0 Å². The third-order valence-corrected chi connectivity index (χ3v) is 3.55. The third kappa shape index (κ3) is 3.57. The van der Waals surface area contributed by atoms with E-state index in [1.165, 1.54) is 0 Å². The van der Waals surface area contributed by atoms with E-state index >= 15 is 0 Å². The number of pyridine rings is 2. The van der Waals surface area contributed by atoms with Crippen LogP contribution in [0.5, 0.6) is 5.75 Å². The summed E-state index contributed by atoms with van der Waals surface area (Å²) in [5.41, 5.74) is 2.11. The molecule has 3 aromatic rings. The van der Waals surface area contributed by atoms with Crippen LogP contribution in [-0.4, -0.2) is 23.0 Å². The van der Waals surface area contributed by atoms with Gasteiger partial charge in [0.2, 0.25) is 0 Å². The van der Waals surface area contributed by atoms with Crippen LogP contribution in [0.15, 0.2) is 73.3 Å². The highest BCUT2D eigenvalue weighted by atomic mass is 16.5. The minimum atomic E-state index is -0.552. The summed E-state index contributed by atoms with van der Waals surface area (Å²) < 4.78 is 11.0. The van der Waals surface area contributed by atoms with Gasteiger partial charge in [0.05, 0.1) is 12.7 Å². The van der Waals surface area contributed by atoms with Gasteiger partial charge in [-0.3, -0.25) is 9.97 Å². The molecule has 24 heavy (non-hydrogen) atoms. The first-order valence-corrected chi connectivity index (χ1v) is 7.43. The van der Waals surface area contributed by atoms with Crippen molar-refractivity contribution >= 4 is 5.97 Å². The zero-order valence-electron chi connectivity index (χ0n) is 13.1. The van der Waals surface area contributed by atoms with Gasteiger partial charge in [-0.25, -0.2) is 4.79 Å². The Balaban J connectivity index is 1.95. The second-order valence-electron chi connectivity index (χ2n) is 5.08. The number of esters is 1. The summed E-state index contributed by atoms with van der Waals surface area (Å²) in [6.45, 7) is 0. The number of carbonyl (C=O) groups excluding carboxylic acids is 1. The SMILES string of the molecule is COc1cccc(C(OC(=O)c2ccncc2)c2ccncc2)c1. The Morgan fingerprint density at radius 1 is 0.917 bits per heavy atom. The highest BCUT2D eigenvalue weighted by Gasteiger charge is 2.20. The van der Waals surface area contributed by atoms with Crippen molar-refractivity contribution < 1.29 is 14.3 Å². The second-order valence-corrected chi connectivity index (χ2v) is 5.08. The predicted octanol–water partition coefficient (Wildman–Crippen LogP) is 3.43. The van der Waals surface area contributed by atoms with Crippen molar-refractivity contribution in [3.8, 4) is 5.75 Å². The molecule has 0 saturated heterocycles. The van der Waals surface area contributed by atoms with E-state index in [9.17, 15) is 4.79 Å². The Kier molecular flexibility index (Phi) is 4.81. The molecule has 0 N–H and O–H groups in total. The zero-order chi connectivity index (χ0) is 16.8. The molecule has 3 rings (SSSR count). The molecular weight excluding hydrogens is 304 g/mol. The second kappa shape index (κ2) is 7.37. The van der Waals surface area contributed by atoms with E-state index in [0.717, 1.165) is 11.1 Å². The highest BCUT2D eigenvalue weighted by molar-refractivity contribution is 5.89. The summed E-state index contributed by atoms with van der Waals surface area (Å²) in [4.78, 5) is 20.4. The molecule has 0 bridgehead atoms. The van der Waals surface area contributed by atoms with Crippen molar-refractivity contribution in [3.05, 3.63) is 90.0 Å². The van der Waals surface area contributed by atoms with Crippen LogP contribution in [-0.2, 0) is 4.74 Å². The van der Waals surface area contributed by atoms with E-state index in [0.29, 0.717) is 11.3 Å². The van der Waals surface area contributed by atoms with Gasteiger partial charge in [0.25, 0.3) is 0 Å². The largest absolute Gasteiger partial charge is 0.497 e. The van der Waals surface area contributed by atoms with Gasteiger partial charge in [-0.15, -0.1) is 0 Å². The van der Waals surface area contributed by atoms with Crippen LogP contribution >= 0.6 is 0 Å². The summed E-state index contributed by atoms with van der Waals surface area (Å²) in [6.07, 6.45) is 5.90. The number of benzene rings is 1. The fraction of sp³-hybridized carbons (Fsp3) is 0.105. The third-order valence-electron chi connectivity index (χ3n) is 3.55. The van der Waals surface area contributed by atoms with Crippen LogP contribution in [0.3, 0.4) is 0 Å². The lowest BCUT2D eigenvalue weighted by molar-refractivity contribution is 0.0377. The number of hydrogen-bond acceptors (Lipinski definition) is 5. The van der Waals surface area contributed by atoms with Crippen LogP contribution in [0.2, 0.25) is 0 Å². The minimum absolute atomic E-state index is 0.415. The molecule has 0 radical (unpaired) electrons. The van der Waals surface area contributed by atoms with Gasteiger partial charge >= 0.3 is 5.97 Å². The molecule has 1 atom stereocenters. The van der Waals surface area contributed by atoms with Crippen LogP contribution in [0.25, 0.3) is 0 Å². The molecule has 0 aliphatic heterocycles. The van der Waals surface area contributed by atoms with Gasteiger partial charge in [0.15, 0.2) is 6.10 Å². The van der Waals surface area contributed by atoms with E-state index < -0.39 is 12.1 Å². The Morgan fingerprint density at radius 2 is 1.58 bits per heavy atom. The smallest absolute Gasteiger partial charge is 0.339 e. The first kappa shape index (κ1) is 15.7. The number of rotatable bonds is 5. The van der Waals surface area contributed by atoms with Crippen molar-refractivity contribution in [3.63, 3.8) is 0 Å². The molecular formula is C19H16N2O3. The number of hydrogen-bond donors (Lipinski definition) is 0. The summed E-state index contributed by atoms with van der Waals surface area (Å²) in [5.74, 6) is 0.286. The molecule has 5 heteroatoms. The predicted molar refractivity (Wildman–Crippen MR) is 88.7 cm³/mol. The Morgan fingerprint density at radius 3 is 2.25 bits per heavy atom. The summed E-state index contributed by atoms with van der Waals surface area (Å²) in [7, 11) is 1.60. The number of aromatic nitrogens is 2. The molecule has 0 amide bonds. The standard InChI is InChI=1S/C19H16N2O3/c1-23-17-4-2-3-16(13-17)18(14-5-9-20-10-6-14)24-19(22)15-7-11-21-12-8-15/h2-13,18H,1H3. The monoisotopic (exact) mass is 320 g/mol. The fourth-order valence-electron chi connectivity index (χ4n) is 2.33. The first-order chi connectivity index (χ1) is 11.8. The van der Waals surface area contributed by atoms with Crippen LogP contribution in [0.4, 0.5) is 0 Å². The molecule has 2 heterocycles. The van der Waals surface area contributed by atoms with Crippen LogP contribution < -0.4 is 4.74 Å². The highest BCUT2D eigenvalue weighted by Crippen LogP contribution is 2.29. The van der Waals surface area contributed by atoms with Crippen molar-refractivity contribution in [2.75, 3.05) is 7.11 Å². The topological polar surface area (TPSA) is 61.3 Å². The molecule has 0 saturated carbocycles. The number of carbonyl (C=O) groups is 1. The molecule has 0 fully saturated rings. The van der Waals surface area contributed by atoms with Gasteiger partial charge < -0.3 is 9.47 Å². The van der Waals surface area contributed by atoms with Gasteiger partial charge in [0, 0.05) is 35.9 Å². The average Bonchev–Trinajstić information content (AvgIpc) is 2.67. The molecule has 1 unspecified atom stereocenters. The van der Waals surface area contributed by atoms with E-state index in [1.54, 1.807) is 44.0 Å². The van der Waals surface area contributed by atoms with E-state index in [1.807, 2.05) is 36.4 Å². The van der Waals surface area contributed by atoms with Crippen molar-refractivity contribution in [2.45, 2.75) is 6.10 Å². The maximum absolute atomic E-state index is 12.5. The fourth-order valence-corrected chi connectivity index (χ4v) is 2.33. The molecule has 0 aliphatic rings. The van der Waals surface area contributed by atoms with Crippen LogP contribution in [0, 0.1) is 0 Å². The maximum atomic E-state index is 12.5. The molecule has 5 nitrogen and oxygen atoms in total. The lowest BCUT2D eigenvalue weighted by Gasteiger charge is -2.19. The van der Waals surface area contributed by atoms with Gasteiger partial charge in [-0.1, -0.05) is 12.1 Å². The summed E-state index contributed by atoms with van der Waals surface area (Å²) >= 11 is 0. The van der Waals surface area contributed by atoms with Gasteiger partial charge in [0.1, 0.15) is 5.75 Å². The quantitative estimate of drug-likeness (QED) is 0.674. The summed E-state index contributed by atoms with van der Waals surface area (Å²) in [5, 5.41) is 0.